The van der Waals surface area contributed by atoms with Crippen LogP contribution in [-0.4, -0.2) is 19.0 Å². The molecule has 0 aliphatic carbocycles. The van der Waals surface area contributed by atoms with Crippen LogP contribution >= 0.6 is 0 Å². The number of benzene rings is 1. The summed E-state index contributed by atoms with van der Waals surface area (Å²) in [6, 6.07) is 3.21. The summed E-state index contributed by atoms with van der Waals surface area (Å²) in [5.74, 6) is 0.289. The van der Waals surface area contributed by atoms with Crippen LogP contribution in [0.15, 0.2) is 35.1 Å². The topological polar surface area (TPSA) is 71.1 Å². The second-order valence-electron chi connectivity index (χ2n) is 5.88. The van der Waals surface area contributed by atoms with Gasteiger partial charge in [0.05, 0.1) is 7.11 Å². The van der Waals surface area contributed by atoms with Crippen molar-refractivity contribution in [1.29, 1.82) is 0 Å². The first-order valence-corrected chi connectivity index (χ1v) is 7.91. The highest BCUT2D eigenvalue weighted by Crippen LogP contribution is 2.42. The van der Waals surface area contributed by atoms with E-state index < -0.39 is 18.0 Å². The zero-order valence-corrected chi connectivity index (χ0v) is 15.3. The van der Waals surface area contributed by atoms with Gasteiger partial charge in [0, 0.05) is 17.2 Å². The summed E-state index contributed by atoms with van der Waals surface area (Å²) in [6.45, 7) is 8.68. The molecule has 0 radical (unpaired) electrons. The molecule has 0 spiro atoms. The largest absolute Gasteiger partial charge is 0.496 e. The molecule has 0 saturated heterocycles. The van der Waals surface area contributed by atoms with Crippen molar-refractivity contribution >= 4 is 11.9 Å². The molecule has 1 atom stereocenters. The minimum Gasteiger partial charge on any atom is -0.496 e. The van der Waals surface area contributed by atoms with Crippen molar-refractivity contribution in [3.8, 4) is 17.2 Å². The molecule has 134 valence electrons. The first-order chi connectivity index (χ1) is 11.8. The third-order valence-corrected chi connectivity index (χ3v) is 3.83. The molecule has 0 fully saturated rings. The smallest absolute Gasteiger partial charge is 0.379 e. The highest BCUT2D eigenvalue weighted by Gasteiger charge is 2.29. The lowest BCUT2D eigenvalue weighted by Gasteiger charge is -2.23. The van der Waals surface area contributed by atoms with Crippen molar-refractivity contribution in [1.82, 2.24) is 0 Å². The monoisotopic (exact) mass is 346 g/mol. The Morgan fingerprint density at radius 1 is 1.16 bits per heavy atom. The Morgan fingerprint density at radius 2 is 1.80 bits per heavy atom. The molecule has 6 heteroatoms. The van der Waals surface area contributed by atoms with E-state index in [0.717, 1.165) is 0 Å². The molecule has 25 heavy (non-hydrogen) atoms. The van der Waals surface area contributed by atoms with Crippen LogP contribution in [0.3, 0.4) is 0 Å². The van der Waals surface area contributed by atoms with Gasteiger partial charge < -0.3 is 18.9 Å². The molecule has 6 nitrogen and oxygen atoms in total. The zero-order chi connectivity index (χ0) is 18.7. The Morgan fingerprint density at radius 3 is 2.36 bits per heavy atom. The highest BCUT2D eigenvalue weighted by atomic mass is 16.6. The molecule has 0 aromatic heterocycles. The lowest BCUT2D eigenvalue weighted by atomic mass is 10.1. The van der Waals surface area contributed by atoms with E-state index in [0.29, 0.717) is 28.2 Å². The molecule has 1 aliphatic heterocycles. The standard InChI is InChI=1S/C19H22O6/c1-7-11(4)18(20)23-12(5)13-8-15-16(9-14(13)22-6)24-17(10(2)3)19(21)25-15/h7-9,12H,1-6H3/t12-/m0/s1. The molecule has 0 unspecified atom stereocenters. The average molecular weight is 346 g/mol. The number of hydrogen-bond acceptors (Lipinski definition) is 6. The second-order valence-corrected chi connectivity index (χ2v) is 5.88. The van der Waals surface area contributed by atoms with E-state index in [4.69, 9.17) is 18.9 Å². The van der Waals surface area contributed by atoms with Gasteiger partial charge in [-0.05, 0) is 46.3 Å². The van der Waals surface area contributed by atoms with Crippen molar-refractivity contribution < 1.29 is 28.5 Å². The molecule has 0 saturated carbocycles. The summed E-state index contributed by atoms with van der Waals surface area (Å²) in [6.07, 6.45) is 1.08. The van der Waals surface area contributed by atoms with Crippen LogP contribution in [-0.2, 0) is 14.3 Å². The molecule has 0 amide bonds. The molecule has 0 bridgehead atoms. The fraction of sp³-hybridized carbons (Fsp3) is 0.368. The van der Waals surface area contributed by atoms with E-state index in [1.165, 1.54) is 7.11 Å². The van der Waals surface area contributed by atoms with E-state index in [1.54, 1.807) is 52.8 Å². The quantitative estimate of drug-likeness (QED) is 0.468. The molecule has 2 rings (SSSR count). The van der Waals surface area contributed by atoms with Crippen molar-refractivity contribution in [2.24, 2.45) is 0 Å². The van der Waals surface area contributed by atoms with Gasteiger partial charge in [0.15, 0.2) is 11.5 Å². The summed E-state index contributed by atoms with van der Waals surface area (Å²) < 4.78 is 21.8. The molecular weight excluding hydrogens is 324 g/mol. The van der Waals surface area contributed by atoms with Crippen LogP contribution in [0.4, 0.5) is 0 Å². The van der Waals surface area contributed by atoms with E-state index in [-0.39, 0.29) is 11.5 Å². The maximum atomic E-state index is 12.0. The number of esters is 2. The van der Waals surface area contributed by atoms with Gasteiger partial charge in [-0.25, -0.2) is 9.59 Å². The number of carbonyl (C=O) groups is 2. The molecular formula is C19H22O6. The number of methoxy groups -OCH3 is 1. The molecule has 1 aromatic carbocycles. The van der Waals surface area contributed by atoms with Crippen molar-refractivity contribution in [3.05, 3.63) is 40.7 Å². The number of fused-ring (bicyclic) bond motifs is 1. The third kappa shape index (κ3) is 3.84. The Kier molecular flexibility index (Phi) is 5.51. The molecule has 1 heterocycles. The first kappa shape index (κ1) is 18.6. The lowest BCUT2D eigenvalue weighted by molar-refractivity contribution is -0.144. The third-order valence-electron chi connectivity index (χ3n) is 3.83. The van der Waals surface area contributed by atoms with Gasteiger partial charge in [-0.3, -0.25) is 0 Å². The molecule has 1 aromatic rings. The Labute approximate surface area is 147 Å². The number of hydrogen-bond donors (Lipinski definition) is 0. The van der Waals surface area contributed by atoms with E-state index >= 15 is 0 Å². The Bertz CT molecular complexity index is 768. The van der Waals surface area contributed by atoms with Gasteiger partial charge in [-0.15, -0.1) is 0 Å². The second kappa shape index (κ2) is 7.42. The summed E-state index contributed by atoms with van der Waals surface area (Å²) in [5, 5.41) is 0. The summed E-state index contributed by atoms with van der Waals surface area (Å²) in [5.41, 5.74) is 1.80. The minimum absolute atomic E-state index is 0.158. The highest BCUT2D eigenvalue weighted by molar-refractivity contribution is 5.91. The fourth-order valence-corrected chi connectivity index (χ4v) is 2.25. The van der Waals surface area contributed by atoms with E-state index in [9.17, 15) is 9.59 Å². The maximum Gasteiger partial charge on any atom is 0.379 e. The summed E-state index contributed by atoms with van der Waals surface area (Å²) in [7, 11) is 1.51. The van der Waals surface area contributed by atoms with Crippen molar-refractivity contribution in [2.75, 3.05) is 7.11 Å². The summed E-state index contributed by atoms with van der Waals surface area (Å²) in [4.78, 5) is 24.0. The summed E-state index contributed by atoms with van der Waals surface area (Å²) >= 11 is 0. The predicted octanol–water partition coefficient (Wildman–Crippen LogP) is 3.86. The van der Waals surface area contributed by atoms with Crippen LogP contribution in [0.5, 0.6) is 17.2 Å². The van der Waals surface area contributed by atoms with Gasteiger partial charge in [0.25, 0.3) is 0 Å². The van der Waals surface area contributed by atoms with Gasteiger partial charge >= 0.3 is 11.9 Å². The number of rotatable bonds is 4. The SMILES string of the molecule is CC=C(C)C(=O)O[C@@H](C)c1cc2c(cc1OC)OC(=C(C)C)C(=O)O2. The van der Waals surface area contributed by atoms with Crippen LogP contribution in [0, 0.1) is 0 Å². The van der Waals surface area contributed by atoms with Crippen molar-refractivity contribution in [2.45, 2.75) is 40.7 Å². The number of allylic oxidation sites excluding steroid dienone is 2. The first-order valence-electron chi connectivity index (χ1n) is 7.91. The zero-order valence-electron chi connectivity index (χ0n) is 15.3. The van der Waals surface area contributed by atoms with Gasteiger partial charge in [0.2, 0.25) is 5.76 Å². The Hall–Kier alpha value is -2.76. The maximum absolute atomic E-state index is 12.0. The fourth-order valence-electron chi connectivity index (χ4n) is 2.25. The van der Waals surface area contributed by atoms with Gasteiger partial charge in [0.1, 0.15) is 11.9 Å². The van der Waals surface area contributed by atoms with Gasteiger partial charge in [-0.1, -0.05) is 6.08 Å². The number of ether oxygens (including phenoxy) is 4. The van der Waals surface area contributed by atoms with Crippen LogP contribution in [0.1, 0.15) is 46.3 Å². The van der Waals surface area contributed by atoms with E-state index in [1.807, 2.05) is 0 Å². The lowest BCUT2D eigenvalue weighted by Crippen LogP contribution is -2.22. The van der Waals surface area contributed by atoms with Crippen LogP contribution in [0.25, 0.3) is 0 Å². The van der Waals surface area contributed by atoms with Gasteiger partial charge in [-0.2, -0.15) is 0 Å². The molecule has 0 N–H and O–H groups in total. The van der Waals surface area contributed by atoms with Crippen LogP contribution < -0.4 is 14.2 Å². The predicted molar refractivity (Wildman–Crippen MR) is 91.6 cm³/mol. The minimum atomic E-state index is -0.591. The average Bonchev–Trinajstić information content (AvgIpc) is 2.58. The normalized spacial score (nSPS) is 14.9. The number of carbonyl (C=O) groups excluding carboxylic acids is 2. The Balaban J connectivity index is 2.39. The molecule has 1 aliphatic rings. The van der Waals surface area contributed by atoms with E-state index in [2.05, 4.69) is 0 Å². The van der Waals surface area contributed by atoms with Crippen LogP contribution in [0.2, 0.25) is 0 Å². The van der Waals surface area contributed by atoms with Crippen molar-refractivity contribution in [3.63, 3.8) is 0 Å².